The van der Waals surface area contributed by atoms with Crippen LogP contribution in [0.5, 0.6) is 0 Å². The van der Waals surface area contributed by atoms with Gasteiger partial charge in [0.15, 0.2) is 0 Å². The number of hydrogen-bond acceptors (Lipinski definition) is 2. The third-order valence-electron chi connectivity index (χ3n) is 6.88. The van der Waals surface area contributed by atoms with Crippen LogP contribution in [-0.2, 0) is 0 Å². The monoisotopic (exact) mass is 437 g/mol. The van der Waals surface area contributed by atoms with E-state index in [1.165, 1.54) is 27.3 Å². The van der Waals surface area contributed by atoms with Crippen LogP contribution in [0, 0.1) is 6.92 Å². The first-order valence-electron chi connectivity index (χ1n) is 11.8. The van der Waals surface area contributed by atoms with Crippen molar-refractivity contribution < 1.29 is 0 Å². The maximum absolute atomic E-state index is 5.23. The fourth-order valence-electron chi connectivity index (χ4n) is 5.26. The van der Waals surface area contributed by atoms with E-state index >= 15 is 0 Å². The number of aryl methyl sites for hydroxylation is 1. The maximum Gasteiger partial charge on any atom is 0.235 e. The molecule has 4 aromatic carbocycles. The van der Waals surface area contributed by atoms with Crippen molar-refractivity contribution in [1.29, 1.82) is 0 Å². The molecule has 0 aliphatic heterocycles. The van der Waals surface area contributed by atoms with Gasteiger partial charge in [0.2, 0.25) is 5.95 Å². The minimum Gasteiger partial charge on any atom is -0.278 e. The Bertz CT molecular complexity index is 1820. The van der Waals surface area contributed by atoms with Gasteiger partial charge in [0.05, 0.1) is 22.2 Å². The van der Waals surface area contributed by atoms with Crippen LogP contribution in [0.15, 0.2) is 97.1 Å². The Morgan fingerprint density at radius 3 is 2.41 bits per heavy atom. The van der Waals surface area contributed by atoms with Gasteiger partial charge in [-0.3, -0.25) is 4.57 Å². The summed E-state index contributed by atoms with van der Waals surface area (Å²) < 4.78 is 2.22. The van der Waals surface area contributed by atoms with Crippen LogP contribution in [-0.4, -0.2) is 14.5 Å². The number of aromatic nitrogens is 3. The molecule has 1 aliphatic rings. The lowest BCUT2D eigenvalue weighted by Crippen LogP contribution is -2.05. The number of rotatable bonds is 2. The van der Waals surface area contributed by atoms with Crippen LogP contribution in [0.2, 0.25) is 0 Å². The maximum atomic E-state index is 5.23. The van der Waals surface area contributed by atoms with Crippen molar-refractivity contribution in [3.63, 3.8) is 0 Å². The van der Waals surface area contributed by atoms with Crippen molar-refractivity contribution in [1.82, 2.24) is 14.5 Å². The average molecular weight is 438 g/mol. The van der Waals surface area contributed by atoms with Gasteiger partial charge >= 0.3 is 0 Å². The minimum absolute atomic E-state index is 0.716. The Hall–Kier alpha value is -4.24. The van der Waals surface area contributed by atoms with Gasteiger partial charge in [-0.15, -0.1) is 0 Å². The van der Waals surface area contributed by atoms with Crippen molar-refractivity contribution >= 4 is 49.1 Å². The fraction of sp³-hybridized carbons (Fsp3) is 0.0968. The topological polar surface area (TPSA) is 30.7 Å². The standard InChI is InChI=1S/C31H23N3/c1-20-15-18-28-26(19-20)24-13-7-8-14-27(24)34(28)31-32-29(22-10-3-2-4-11-22)25-17-16-21-9-5-6-12-23(21)30(25)33-31/h3,5-19H,2,4H2,1H3. The summed E-state index contributed by atoms with van der Waals surface area (Å²) in [5.41, 5.74) is 6.67. The predicted molar refractivity (Wildman–Crippen MR) is 142 cm³/mol. The molecule has 3 nitrogen and oxygen atoms in total. The summed E-state index contributed by atoms with van der Waals surface area (Å²) in [7, 11) is 0. The van der Waals surface area contributed by atoms with Gasteiger partial charge in [-0.05, 0) is 55.0 Å². The van der Waals surface area contributed by atoms with E-state index in [4.69, 9.17) is 9.97 Å². The molecule has 1 aliphatic carbocycles. The Morgan fingerprint density at radius 2 is 1.53 bits per heavy atom. The number of benzene rings is 4. The van der Waals surface area contributed by atoms with Gasteiger partial charge in [0.1, 0.15) is 0 Å². The van der Waals surface area contributed by atoms with Crippen molar-refractivity contribution in [2.75, 3.05) is 0 Å². The molecule has 7 rings (SSSR count). The van der Waals surface area contributed by atoms with E-state index in [-0.39, 0.29) is 0 Å². The average Bonchev–Trinajstić information content (AvgIpc) is 3.22. The molecule has 0 saturated carbocycles. The van der Waals surface area contributed by atoms with Crippen molar-refractivity contribution in [3.05, 3.63) is 108 Å². The Labute approximate surface area is 197 Å². The second-order valence-electron chi connectivity index (χ2n) is 9.07. The van der Waals surface area contributed by atoms with Gasteiger partial charge in [-0.2, -0.15) is 0 Å². The third-order valence-corrected chi connectivity index (χ3v) is 6.88. The van der Waals surface area contributed by atoms with Gasteiger partial charge in [-0.1, -0.05) is 78.4 Å². The van der Waals surface area contributed by atoms with E-state index in [0.29, 0.717) is 5.95 Å². The van der Waals surface area contributed by atoms with Crippen LogP contribution >= 0.6 is 0 Å². The number of allylic oxidation sites excluding steroid dienone is 4. The smallest absolute Gasteiger partial charge is 0.235 e. The highest BCUT2D eigenvalue weighted by Crippen LogP contribution is 2.35. The molecule has 162 valence electrons. The van der Waals surface area contributed by atoms with Crippen LogP contribution in [0.3, 0.4) is 0 Å². The molecule has 0 bridgehead atoms. The third kappa shape index (κ3) is 2.83. The summed E-state index contributed by atoms with van der Waals surface area (Å²) in [5.74, 6) is 0.716. The lowest BCUT2D eigenvalue weighted by atomic mass is 9.98. The van der Waals surface area contributed by atoms with Crippen LogP contribution in [0.25, 0.3) is 55.0 Å². The van der Waals surface area contributed by atoms with Crippen molar-refractivity contribution in [2.24, 2.45) is 0 Å². The van der Waals surface area contributed by atoms with Gasteiger partial charge < -0.3 is 0 Å². The molecule has 3 heteroatoms. The van der Waals surface area contributed by atoms with E-state index in [9.17, 15) is 0 Å². The normalized spacial score (nSPS) is 13.9. The molecular formula is C31H23N3. The molecule has 6 aromatic rings. The molecule has 0 spiro atoms. The van der Waals surface area contributed by atoms with Crippen LogP contribution in [0.4, 0.5) is 0 Å². The molecular weight excluding hydrogens is 414 g/mol. The Morgan fingerprint density at radius 1 is 0.706 bits per heavy atom. The van der Waals surface area contributed by atoms with E-state index < -0.39 is 0 Å². The largest absolute Gasteiger partial charge is 0.278 e. The SMILES string of the molecule is Cc1ccc2c(c1)c1ccccc1n2-c1nc(C2=CCCC=C2)c2ccc3ccccc3c2n1. The first-order chi connectivity index (χ1) is 16.8. The first-order valence-corrected chi connectivity index (χ1v) is 11.8. The molecule has 0 unspecified atom stereocenters. The summed E-state index contributed by atoms with van der Waals surface area (Å²) in [6.45, 7) is 2.14. The van der Waals surface area contributed by atoms with E-state index in [2.05, 4.69) is 109 Å². The van der Waals surface area contributed by atoms with Gasteiger partial charge in [-0.25, -0.2) is 9.97 Å². The number of nitrogens with zero attached hydrogens (tertiary/aromatic N) is 3. The Balaban J connectivity index is 1.65. The summed E-state index contributed by atoms with van der Waals surface area (Å²) >= 11 is 0. The second-order valence-corrected chi connectivity index (χ2v) is 9.07. The molecule has 34 heavy (non-hydrogen) atoms. The van der Waals surface area contributed by atoms with Crippen LogP contribution in [0.1, 0.15) is 24.1 Å². The summed E-state index contributed by atoms with van der Waals surface area (Å²) in [6, 6.07) is 28.0. The number of hydrogen-bond donors (Lipinski definition) is 0. The lowest BCUT2D eigenvalue weighted by Gasteiger charge is -2.14. The van der Waals surface area contributed by atoms with E-state index in [0.717, 1.165) is 45.9 Å². The highest BCUT2D eigenvalue weighted by molar-refractivity contribution is 6.11. The van der Waals surface area contributed by atoms with E-state index in [1.54, 1.807) is 0 Å². The molecule has 0 saturated heterocycles. The summed E-state index contributed by atoms with van der Waals surface area (Å²) in [5, 5.41) is 5.90. The highest BCUT2D eigenvalue weighted by Gasteiger charge is 2.18. The molecule has 2 heterocycles. The zero-order chi connectivity index (χ0) is 22.6. The van der Waals surface area contributed by atoms with E-state index in [1.807, 2.05) is 0 Å². The summed E-state index contributed by atoms with van der Waals surface area (Å²) in [6.07, 6.45) is 8.87. The second kappa shape index (κ2) is 7.39. The van der Waals surface area contributed by atoms with Crippen LogP contribution < -0.4 is 0 Å². The van der Waals surface area contributed by atoms with Gasteiger partial charge in [0.25, 0.3) is 0 Å². The van der Waals surface area contributed by atoms with Crippen molar-refractivity contribution in [2.45, 2.75) is 19.8 Å². The molecule has 0 amide bonds. The molecule has 0 N–H and O–H groups in total. The molecule has 0 atom stereocenters. The fourth-order valence-corrected chi connectivity index (χ4v) is 5.26. The lowest BCUT2D eigenvalue weighted by molar-refractivity contribution is 0.997. The molecule has 0 radical (unpaired) electrons. The Kier molecular flexibility index (Phi) is 4.18. The first kappa shape index (κ1) is 19.2. The molecule has 0 fully saturated rings. The zero-order valence-corrected chi connectivity index (χ0v) is 19.0. The number of fused-ring (bicyclic) bond motifs is 6. The molecule has 2 aromatic heterocycles. The number of para-hydroxylation sites is 1. The van der Waals surface area contributed by atoms with Gasteiger partial charge in [0, 0.05) is 21.5 Å². The summed E-state index contributed by atoms with van der Waals surface area (Å²) in [4.78, 5) is 10.5. The highest BCUT2D eigenvalue weighted by atomic mass is 15.2. The quantitative estimate of drug-likeness (QED) is 0.258. The zero-order valence-electron chi connectivity index (χ0n) is 19.0. The van der Waals surface area contributed by atoms with Crippen molar-refractivity contribution in [3.8, 4) is 5.95 Å². The minimum atomic E-state index is 0.716. The predicted octanol–water partition coefficient (Wildman–Crippen LogP) is 7.92.